The van der Waals surface area contributed by atoms with Gasteiger partial charge in [-0.3, -0.25) is 4.90 Å². The van der Waals surface area contributed by atoms with Crippen LogP contribution in [0.2, 0.25) is 5.02 Å². The SMILES string of the molecule is CC(N)C(c1ccc(Cl)cc1)N(C)C1CCS(=O)(=O)C1. The summed E-state index contributed by atoms with van der Waals surface area (Å²) in [5.74, 6) is 0.495. The summed E-state index contributed by atoms with van der Waals surface area (Å²) in [6, 6.07) is 7.52. The Morgan fingerprint density at radius 3 is 2.40 bits per heavy atom. The predicted molar refractivity (Wildman–Crippen MR) is 82.7 cm³/mol. The van der Waals surface area contributed by atoms with Crippen LogP contribution in [0.25, 0.3) is 0 Å². The Labute approximate surface area is 125 Å². The van der Waals surface area contributed by atoms with Gasteiger partial charge in [-0.05, 0) is 38.1 Å². The van der Waals surface area contributed by atoms with Crippen molar-refractivity contribution in [2.75, 3.05) is 18.6 Å². The zero-order chi connectivity index (χ0) is 14.9. The monoisotopic (exact) mass is 316 g/mol. The molecule has 1 aliphatic rings. The summed E-state index contributed by atoms with van der Waals surface area (Å²) >= 11 is 5.92. The van der Waals surface area contributed by atoms with Crippen LogP contribution in [-0.4, -0.2) is 44.0 Å². The number of benzene rings is 1. The maximum atomic E-state index is 11.6. The molecule has 1 aromatic carbocycles. The number of sulfone groups is 1. The van der Waals surface area contributed by atoms with Crippen molar-refractivity contribution in [2.24, 2.45) is 5.73 Å². The largest absolute Gasteiger partial charge is 0.326 e. The maximum Gasteiger partial charge on any atom is 0.151 e. The third-order valence-corrected chi connectivity index (χ3v) is 5.94. The molecular formula is C14H21ClN2O2S. The van der Waals surface area contributed by atoms with Crippen LogP contribution in [0.15, 0.2) is 24.3 Å². The van der Waals surface area contributed by atoms with Crippen molar-refractivity contribution < 1.29 is 8.42 Å². The van der Waals surface area contributed by atoms with Crippen LogP contribution in [0.1, 0.15) is 24.9 Å². The molecule has 0 bridgehead atoms. The fraction of sp³-hybridized carbons (Fsp3) is 0.571. The molecule has 112 valence electrons. The van der Waals surface area contributed by atoms with E-state index in [0.29, 0.717) is 11.4 Å². The Kier molecular flexibility index (Phi) is 4.74. The number of hydrogen-bond donors (Lipinski definition) is 1. The van der Waals surface area contributed by atoms with E-state index in [-0.39, 0.29) is 29.6 Å². The molecule has 0 aromatic heterocycles. The standard InChI is InChI=1S/C14H21ClN2O2S/c1-10(16)14(11-3-5-12(15)6-4-11)17(2)13-7-8-20(18,19)9-13/h3-6,10,13-14H,7-9,16H2,1-2H3. The molecule has 1 aromatic rings. The molecule has 4 nitrogen and oxygen atoms in total. The summed E-state index contributed by atoms with van der Waals surface area (Å²) in [6.45, 7) is 1.94. The minimum absolute atomic E-state index is 0.00873. The lowest BCUT2D eigenvalue weighted by molar-refractivity contribution is 0.168. The first kappa shape index (κ1) is 15.8. The van der Waals surface area contributed by atoms with E-state index in [2.05, 4.69) is 4.90 Å². The first-order chi connectivity index (χ1) is 9.30. The molecule has 2 N–H and O–H groups in total. The van der Waals surface area contributed by atoms with E-state index in [0.717, 1.165) is 5.56 Å². The highest BCUT2D eigenvalue weighted by Crippen LogP contribution is 2.29. The van der Waals surface area contributed by atoms with E-state index >= 15 is 0 Å². The quantitative estimate of drug-likeness (QED) is 0.920. The normalized spacial score (nSPS) is 24.8. The van der Waals surface area contributed by atoms with Gasteiger partial charge in [-0.25, -0.2) is 8.42 Å². The van der Waals surface area contributed by atoms with Crippen LogP contribution in [0.4, 0.5) is 0 Å². The predicted octanol–water partition coefficient (Wildman–Crippen LogP) is 1.85. The van der Waals surface area contributed by atoms with Crippen LogP contribution < -0.4 is 5.73 Å². The first-order valence-corrected chi connectivity index (χ1v) is 8.93. The average Bonchev–Trinajstić information content (AvgIpc) is 2.72. The Hall–Kier alpha value is -0.620. The van der Waals surface area contributed by atoms with E-state index in [1.807, 2.05) is 38.2 Å². The zero-order valence-electron chi connectivity index (χ0n) is 11.8. The Morgan fingerprint density at radius 1 is 1.35 bits per heavy atom. The van der Waals surface area contributed by atoms with Gasteiger partial charge in [0.05, 0.1) is 11.5 Å². The first-order valence-electron chi connectivity index (χ1n) is 6.73. The summed E-state index contributed by atoms with van der Waals surface area (Å²) in [4.78, 5) is 2.10. The lowest BCUT2D eigenvalue weighted by Gasteiger charge is -2.35. The molecule has 1 fully saturated rings. The number of nitrogens with two attached hydrogens (primary N) is 1. The third-order valence-electron chi connectivity index (χ3n) is 3.93. The lowest BCUT2D eigenvalue weighted by Crippen LogP contribution is -2.43. The molecule has 0 radical (unpaired) electrons. The van der Waals surface area contributed by atoms with Crippen LogP contribution in [0, 0.1) is 0 Å². The average molecular weight is 317 g/mol. The van der Waals surface area contributed by atoms with Gasteiger partial charge in [0.1, 0.15) is 0 Å². The van der Waals surface area contributed by atoms with Crippen LogP contribution >= 0.6 is 11.6 Å². The molecule has 0 saturated carbocycles. The Morgan fingerprint density at radius 2 is 1.95 bits per heavy atom. The van der Waals surface area contributed by atoms with Crippen molar-refractivity contribution in [3.8, 4) is 0 Å². The molecule has 1 saturated heterocycles. The molecule has 0 amide bonds. The topological polar surface area (TPSA) is 63.4 Å². The third kappa shape index (κ3) is 3.52. The van der Waals surface area contributed by atoms with Crippen LogP contribution in [0.5, 0.6) is 0 Å². The summed E-state index contributed by atoms with van der Waals surface area (Å²) in [5.41, 5.74) is 7.18. The molecule has 1 aliphatic heterocycles. The summed E-state index contributed by atoms with van der Waals surface area (Å²) in [5, 5.41) is 0.684. The van der Waals surface area contributed by atoms with Gasteiger partial charge in [0, 0.05) is 23.1 Å². The number of likely N-dealkylation sites (N-methyl/N-ethyl adjacent to an activating group) is 1. The lowest BCUT2D eigenvalue weighted by atomic mass is 9.98. The van der Waals surface area contributed by atoms with E-state index in [4.69, 9.17) is 17.3 Å². The second-order valence-electron chi connectivity index (χ2n) is 5.58. The van der Waals surface area contributed by atoms with E-state index < -0.39 is 9.84 Å². The number of rotatable bonds is 4. The molecular weight excluding hydrogens is 296 g/mol. The highest BCUT2D eigenvalue weighted by molar-refractivity contribution is 7.91. The summed E-state index contributed by atoms with van der Waals surface area (Å²) in [6.07, 6.45) is 0.676. The molecule has 2 rings (SSSR count). The summed E-state index contributed by atoms with van der Waals surface area (Å²) in [7, 11) is -0.940. The molecule has 3 unspecified atom stereocenters. The van der Waals surface area contributed by atoms with E-state index in [1.165, 1.54) is 0 Å². The van der Waals surface area contributed by atoms with Crippen LogP contribution in [-0.2, 0) is 9.84 Å². The zero-order valence-corrected chi connectivity index (χ0v) is 13.4. The highest BCUT2D eigenvalue weighted by Gasteiger charge is 2.35. The van der Waals surface area contributed by atoms with Crippen molar-refractivity contribution in [2.45, 2.75) is 31.5 Å². The maximum absolute atomic E-state index is 11.6. The summed E-state index contributed by atoms with van der Waals surface area (Å²) < 4.78 is 23.3. The van der Waals surface area contributed by atoms with Crippen LogP contribution in [0.3, 0.4) is 0 Å². The number of hydrogen-bond acceptors (Lipinski definition) is 4. The molecule has 0 aliphatic carbocycles. The van der Waals surface area contributed by atoms with Gasteiger partial charge in [-0.1, -0.05) is 23.7 Å². The highest BCUT2D eigenvalue weighted by atomic mass is 35.5. The van der Waals surface area contributed by atoms with Crippen molar-refractivity contribution in [3.05, 3.63) is 34.9 Å². The van der Waals surface area contributed by atoms with Gasteiger partial charge in [-0.2, -0.15) is 0 Å². The minimum Gasteiger partial charge on any atom is -0.326 e. The van der Waals surface area contributed by atoms with Crippen molar-refractivity contribution >= 4 is 21.4 Å². The van der Waals surface area contributed by atoms with Gasteiger partial charge in [-0.15, -0.1) is 0 Å². The molecule has 6 heteroatoms. The van der Waals surface area contributed by atoms with Crippen molar-refractivity contribution in [3.63, 3.8) is 0 Å². The van der Waals surface area contributed by atoms with Gasteiger partial charge in [0.15, 0.2) is 9.84 Å². The fourth-order valence-electron chi connectivity index (χ4n) is 2.89. The number of nitrogens with zero attached hydrogens (tertiary/aromatic N) is 1. The minimum atomic E-state index is -2.89. The second kappa shape index (κ2) is 6.02. The van der Waals surface area contributed by atoms with Gasteiger partial charge >= 0.3 is 0 Å². The number of halogens is 1. The Balaban J connectivity index is 2.23. The van der Waals surface area contributed by atoms with Gasteiger partial charge in [0.2, 0.25) is 0 Å². The van der Waals surface area contributed by atoms with Gasteiger partial charge in [0.25, 0.3) is 0 Å². The van der Waals surface area contributed by atoms with E-state index in [1.54, 1.807) is 0 Å². The van der Waals surface area contributed by atoms with Crippen molar-refractivity contribution in [1.82, 2.24) is 4.90 Å². The fourth-order valence-corrected chi connectivity index (χ4v) is 4.81. The van der Waals surface area contributed by atoms with Gasteiger partial charge < -0.3 is 5.73 Å². The second-order valence-corrected chi connectivity index (χ2v) is 8.24. The van der Waals surface area contributed by atoms with E-state index in [9.17, 15) is 8.42 Å². The molecule has 3 atom stereocenters. The van der Waals surface area contributed by atoms with Crippen molar-refractivity contribution in [1.29, 1.82) is 0 Å². The molecule has 0 spiro atoms. The molecule has 1 heterocycles. The Bertz CT molecular complexity index is 557. The smallest absolute Gasteiger partial charge is 0.151 e. The molecule has 20 heavy (non-hydrogen) atoms.